The smallest absolute Gasteiger partial charge is 0.337 e. The summed E-state index contributed by atoms with van der Waals surface area (Å²) in [6, 6.07) is 7.26. The Labute approximate surface area is 111 Å². The first-order valence-electron chi connectivity index (χ1n) is 5.75. The molecule has 2 aromatic rings. The molecule has 1 heterocycles. The van der Waals surface area contributed by atoms with Gasteiger partial charge >= 0.3 is 5.97 Å². The molecule has 94 valence electrons. The Kier molecular flexibility index (Phi) is 3.43. The lowest BCUT2D eigenvalue weighted by atomic mass is 10.1. The predicted octanol–water partition coefficient (Wildman–Crippen LogP) is 3.70. The zero-order valence-corrected chi connectivity index (χ0v) is 11.0. The molecular formula is C14H14ClNO2. The summed E-state index contributed by atoms with van der Waals surface area (Å²) < 4.78 is 1.89. The molecule has 0 spiro atoms. The first kappa shape index (κ1) is 12.7. The van der Waals surface area contributed by atoms with Crippen molar-refractivity contribution in [1.82, 2.24) is 4.57 Å². The van der Waals surface area contributed by atoms with Gasteiger partial charge in [-0.2, -0.15) is 0 Å². The lowest BCUT2D eigenvalue weighted by Crippen LogP contribution is -2.05. The minimum Gasteiger partial charge on any atom is -0.478 e. The van der Waals surface area contributed by atoms with Crippen molar-refractivity contribution < 1.29 is 9.90 Å². The summed E-state index contributed by atoms with van der Waals surface area (Å²) in [6.45, 7) is 3.87. The third-order valence-corrected chi connectivity index (χ3v) is 3.47. The first-order valence-corrected chi connectivity index (χ1v) is 6.13. The SMILES string of the molecule is CCc1c(C(=O)O)ccn1-c1cccc(Cl)c1C. The molecule has 0 aliphatic heterocycles. The topological polar surface area (TPSA) is 42.2 Å². The third kappa shape index (κ3) is 2.02. The monoisotopic (exact) mass is 263 g/mol. The normalized spacial score (nSPS) is 10.6. The number of hydrogen-bond donors (Lipinski definition) is 1. The summed E-state index contributed by atoms with van der Waals surface area (Å²) in [6.07, 6.45) is 2.43. The number of aromatic carboxylic acids is 1. The molecule has 1 aromatic carbocycles. The van der Waals surface area contributed by atoms with E-state index in [-0.39, 0.29) is 0 Å². The highest BCUT2D eigenvalue weighted by atomic mass is 35.5. The van der Waals surface area contributed by atoms with Crippen LogP contribution in [0.5, 0.6) is 0 Å². The van der Waals surface area contributed by atoms with E-state index in [0.29, 0.717) is 17.0 Å². The number of carboxylic acid groups (broad SMARTS) is 1. The predicted molar refractivity (Wildman–Crippen MR) is 71.9 cm³/mol. The number of aromatic nitrogens is 1. The number of nitrogens with zero attached hydrogens (tertiary/aromatic N) is 1. The molecule has 0 saturated heterocycles. The molecule has 0 unspecified atom stereocenters. The summed E-state index contributed by atoms with van der Waals surface area (Å²) in [4.78, 5) is 11.1. The highest BCUT2D eigenvalue weighted by Crippen LogP contribution is 2.25. The van der Waals surface area contributed by atoms with E-state index in [1.54, 1.807) is 12.3 Å². The molecule has 18 heavy (non-hydrogen) atoms. The van der Waals surface area contributed by atoms with E-state index in [0.717, 1.165) is 16.9 Å². The fourth-order valence-corrected chi connectivity index (χ4v) is 2.27. The number of halogens is 1. The second kappa shape index (κ2) is 4.86. The molecule has 0 fully saturated rings. The molecule has 0 radical (unpaired) electrons. The van der Waals surface area contributed by atoms with Crippen molar-refractivity contribution in [1.29, 1.82) is 0 Å². The van der Waals surface area contributed by atoms with Gasteiger partial charge in [0.15, 0.2) is 0 Å². The van der Waals surface area contributed by atoms with E-state index in [1.807, 2.05) is 36.6 Å². The third-order valence-electron chi connectivity index (χ3n) is 3.06. The summed E-state index contributed by atoms with van der Waals surface area (Å²) >= 11 is 6.10. The van der Waals surface area contributed by atoms with Gasteiger partial charge in [0.25, 0.3) is 0 Å². The minimum absolute atomic E-state index is 0.344. The Morgan fingerprint density at radius 2 is 2.11 bits per heavy atom. The maximum atomic E-state index is 11.1. The molecule has 0 amide bonds. The number of carboxylic acids is 1. The van der Waals surface area contributed by atoms with Gasteiger partial charge in [-0.1, -0.05) is 24.6 Å². The van der Waals surface area contributed by atoms with Crippen LogP contribution >= 0.6 is 11.6 Å². The van der Waals surface area contributed by atoms with Gasteiger partial charge in [-0.3, -0.25) is 0 Å². The average Bonchev–Trinajstić information content (AvgIpc) is 2.76. The molecule has 0 aliphatic carbocycles. The molecule has 0 bridgehead atoms. The van der Waals surface area contributed by atoms with Crippen LogP contribution in [-0.4, -0.2) is 15.6 Å². The van der Waals surface area contributed by atoms with E-state index in [1.165, 1.54) is 0 Å². The average molecular weight is 264 g/mol. The van der Waals surface area contributed by atoms with Crippen LogP contribution in [0.2, 0.25) is 5.02 Å². The molecule has 1 aromatic heterocycles. The van der Waals surface area contributed by atoms with Gasteiger partial charge in [-0.25, -0.2) is 4.79 Å². The van der Waals surface area contributed by atoms with Crippen LogP contribution in [0.3, 0.4) is 0 Å². The number of carbonyl (C=O) groups is 1. The van der Waals surface area contributed by atoms with Gasteiger partial charge in [0.05, 0.1) is 5.56 Å². The van der Waals surface area contributed by atoms with Crippen LogP contribution < -0.4 is 0 Å². The summed E-state index contributed by atoms with van der Waals surface area (Å²) in [5.74, 6) is -0.898. The Balaban J connectivity index is 2.65. The second-order valence-electron chi connectivity index (χ2n) is 4.09. The first-order chi connectivity index (χ1) is 8.56. The van der Waals surface area contributed by atoms with Crippen LogP contribution in [0.1, 0.15) is 28.5 Å². The van der Waals surface area contributed by atoms with Crippen LogP contribution in [0.15, 0.2) is 30.5 Å². The molecule has 3 nitrogen and oxygen atoms in total. The number of benzene rings is 1. The van der Waals surface area contributed by atoms with Crippen molar-refractivity contribution in [2.45, 2.75) is 20.3 Å². The Hall–Kier alpha value is -1.74. The highest BCUT2D eigenvalue weighted by Gasteiger charge is 2.15. The van der Waals surface area contributed by atoms with Gasteiger partial charge in [0, 0.05) is 22.6 Å². The van der Waals surface area contributed by atoms with Crippen molar-refractivity contribution in [3.63, 3.8) is 0 Å². The molecule has 1 N–H and O–H groups in total. The Bertz CT molecular complexity index is 602. The van der Waals surface area contributed by atoms with E-state index >= 15 is 0 Å². The van der Waals surface area contributed by atoms with E-state index in [4.69, 9.17) is 16.7 Å². The van der Waals surface area contributed by atoms with Crippen molar-refractivity contribution in [2.75, 3.05) is 0 Å². The quantitative estimate of drug-likeness (QED) is 0.917. The standard InChI is InChI=1S/C14H14ClNO2/c1-3-12-10(14(17)18)7-8-16(12)13-6-4-5-11(15)9(13)2/h4-8H,3H2,1-2H3,(H,17,18). The van der Waals surface area contributed by atoms with Gasteiger partial charge in [-0.15, -0.1) is 0 Å². The molecule has 0 atom stereocenters. The summed E-state index contributed by atoms with van der Waals surface area (Å²) in [5.41, 5.74) is 3.00. The Morgan fingerprint density at radius 1 is 1.39 bits per heavy atom. The van der Waals surface area contributed by atoms with Crippen molar-refractivity contribution in [2.24, 2.45) is 0 Å². The van der Waals surface area contributed by atoms with E-state index in [9.17, 15) is 4.79 Å². The Morgan fingerprint density at radius 3 is 2.72 bits per heavy atom. The minimum atomic E-state index is -0.898. The zero-order chi connectivity index (χ0) is 13.3. The maximum absolute atomic E-state index is 11.1. The molecular weight excluding hydrogens is 250 g/mol. The fourth-order valence-electron chi connectivity index (χ4n) is 2.10. The molecule has 4 heteroatoms. The number of rotatable bonds is 3. The van der Waals surface area contributed by atoms with Crippen molar-refractivity contribution in [3.8, 4) is 5.69 Å². The van der Waals surface area contributed by atoms with Crippen molar-refractivity contribution >= 4 is 17.6 Å². The molecule has 0 aliphatic rings. The largest absolute Gasteiger partial charge is 0.478 e. The van der Waals surface area contributed by atoms with Gasteiger partial charge < -0.3 is 9.67 Å². The van der Waals surface area contributed by atoms with Gasteiger partial charge in [-0.05, 0) is 37.1 Å². The summed E-state index contributed by atoms with van der Waals surface area (Å²) in [7, 11) is 0. The van der Waals surface area contributed by atoms with Gasteiger partial charge in [0.1, 0.15) is 0 Å². The fraction of sp³-hybridized carbons (Fsp3) is 0.214. The number of hydrogen-bond acceptors (Lipinski definition) is 1. The maximum Gasteiger partial charge on any atom is 0.337 e. The zero-order valence-electron chi connectivity index (χ0n) is 10.3. The van der Waals surface area contributed by atoms with Crippen LogP contribution in [0, 0.1) is 6.92 Å². The van der Waals surface area contributed by atoms with E-state index < -0.39 is 5.97 Å². The molecule has 0 saturated carbocycles. The lowest BCUT2D eigenvalue weighted by molar-refractivity contribution is 0.0696. The van der Waals surface area contributed by atoms with Crippen LogP contribution in [-0.2, 0) is 6.42 Å². The highest BCUT2D eigenvalue weighted by molar-refractivity contribution is 6.31. The van der Waals surface area contributed by atoms with Crippen molar-refractivity contribution in [3.05, 3.63) is 52.3 Å². The van der Waals surface area contributed by atoms with Crippen LogP contribution in [0.4, 0.5) is 0 Å². The second-order valence-corrected chi connectivity index (χ2v) is 4.50. The van der Waals surface area contributed by atoms with Gasteiger partial charge in [0.2, 0.25) is 0 Å². The lowest BCUT2D eigenvalue weighted by Gasteiger charge is -2.12. The van der Waals surface area contributed by atoms with E-state index in [2.05, 4.69) is 0 Å². The van der Waals surface area contributed by atoms with Crippen LogP contribution in [0.25, 0.3) is 5.69 Å². The molecule has 2 rings (SSSR count). The summed E-state index contributed by atoms with van der Waals surface area (Å²) in [5, 5.41) is 9.82.